The Bertz CT molecular complexity index is 1640. The molecule has 2 amide bonds. The number of carbonyl (C=O) groups is 2. The van der Waals surface area contributed by atoms with Gasteiger partial charge in [0, 0.05) is 55.8 Å². The number of piperazine rings is 1. The lowest BCUT2D eigenvalue weighted by molar-refractivity contribution is -0.137. The summed E-state index contributed by atoms with van der Waals surface area (Å²) < 4.78 is 6.15. The van der Waals surface area contributed by atoms with Crippen molar-refractivity contribution in [2.24, 2.45) is 5.92 Å². The molecule has 1 atom stereocenters. The Hall–Kier alpha value is -4.65. The highest BCUT2D eigenvalue weighted by Gasteiger charge is 2.35. The van der Waals surface area contributed by atoms with E-state index < -0.39 is 0 Å². The highest BCUT2D eigenvalue weighted by Crippen LogP contribution is 2.36. The van der Waals surface area contributed by atoms with Crippen LogP contribution in [0.5, 0.6) is 6.01 Å². The van der Waals surface area contributed by atoms with Gasteiger partial charge in [-0.1, -0.05) is 43.3 Å². The highest BCUT2D eigenvalue weighted by molar-refractivity contribution is 5.97. The number of fused-ring (bicyclic) bond motifs is 2. The minimum absolute atomic E-state index is 0.139. The third kappa shape index (κ3) is 6.17. The fourth-order valence-electron chi connectivity index (χ4n) is 6.76. The SMILES string of the molecule is [C-]#[N+]C[C@H]1CN(c2nc(OCCN(C)C(=O)C3CCC3)nc3c2CCN(c2cccc4cccc(C)c24)C3)CCN1C(=O)C=C. The maximum absolute atomic E-state index is 12.7. The zero-order chi connectivity index (χ0) is 31.5. The van der Waals surface area contributed by atoms with Crippen LogP contribution in [0.2, 0.25) is 0 Å². The summed E-state index contributed by atoms with van der Waals surface area (Å²) in [6, 6.07) is 12.9. The van der Waals surface area contributed by atoms with E-state index in [2.05, 4.69) is 64.5 Å². The predicted octanol–water partition coefficient (Wildman–Crippen LogP) is 4.26. The zero-order valence-corrected chi connectivity index (χ0v) is 26.2. The van der Waals surface area contributed by atoms with Crippen LogP contribution in [-0.4, -0.2) is 90.5 Å². The lowest BCUT2D eigenvalue weighted by Crippen LogP contribution is -2.56. The minimum Gasteiger partial charge on any atom is -0.462 e. The van der Waals surface area contributed by atoms with Crippen LogP contribution < -0.4 is 14.5 Å². The molecule has 3 aliphatic rings. The van der Waals surface area contributed by atoms with Gasteiger partial charge in [0.15, 0.2) is 0 Å². The number of benzene rings is 2. The van der Waals surface area contributed by atoms with Crippen LogP contribution in [0.15, 0.2) is 49.1 Å². The van der Waals surface area contributed by atoms with E-state index in [1.54, 1.807) is 9.80 Å². The van der Waals surface area contributed by atoms with E-state index in [1.807, 2.05) is 7.05 Å². The first-order valence-electron chi connectivity index (χ1n) is 15.9. The maximum Gasteiger partial charge on any atom is 0.318 e. The quantitative estimate of drug-likeness (QED) is 0.266. The Balaban J connectivity index is 1.29. The molecule has 2 aromatic carbocycles. The van der Waals surface area contributed by atoms with Crippen molar-refractivity contribution in [3.05, 3.63) is 77.3 Å². The number of ether oxygens (including phenoxy) is 1. The standard InChI is InChI=1S/C35H41N7O3/c1-5-31(43)42-18-17-41(22-27(42)21-36-3)33-28-15-16-40(30-14-8-11-25-10-6-9-24(2)32(25)30)23-29(28)37-35(38-33)45-20-19-39(4)34(44)26-12-7-13-26/h5-6,8-11,14,26-27H,1,7,12-13,15-23H2,2,4H3/t27-/m0/s1. The first-order valence-corrected chi connectivity index (χ1v) is 15.9. The van der Waals surface area contributed by atoms with Crippen molar-refractivity contribution in [2.75, 3.05) is 62.7 Å². The van der Waals surface area contributed by atoms with Gasteiger partial charge in [-0.15, -0.1) is 0 Å². The molecule has 2 fully saturated rings. The van der Waals surface area contributed by atoms with E-state index in [-0.39, 0.29) is 36.3 Å². The Kier molecular flexibility index (Phi) is 8.87. The monoisotopic (exact) mass is 607 g/mol. The Labute approximate surface area is 265 Å². The third-order valence-electron chi connectivity index (χ3n) is 9.48. The van der Waals surface area contributed by atoms with Gasteiger partial charge >= 0.3 is 6.01 Å². The van der Waals surface area contributed by atoms with Gasteiger partial charge in [0.25, 0.3) is 0 Å². The number of carbonyl (C=O) groups excluding carboxylic acids is 2. The number of aryl methyl sites for hydroxylation is 1. The minimum atomic E-state index is -0.262. The summed E-state index contributed by atoms with van der Waals surface area (Å²) >= 11 is 0. The number of nitrogens with zero attached hydrogens (tertiary/aromatic N) is 7. The van der Waals surface area contributed by atoms with Crippen molar-refractivity contribution in [3.63, 3.8) is 0 Å². The van der Waals surface area contributed by atoms with E-state index in [0.29, 0.717) is 39.3 Å². The van der Waals surface area contributed by atoms with E-state index >= 15 is 0 Å². The number of rotatable bonds is 9. The number of hydrogen-bond donors (Lipinski definition) is 0. The largest absolute Gasteiger partial charge is 0.462 e. The van der Waals surface area contributed by atoms with Crippen molar-refractivity contribution in [1.82, 2.24) is 19.8 Å². The van der Waals surface area contributed by atoms with Gasteiger partial charge in [-0.3, -0.25) is 9.59 Å². The van der Waals surface area contributed by atoms with Crippen LogP contribution in [0.3, 0.4) is 0 Å². The van der Waals surface area contributed by atoms with Crippen LogP contribution in [0.4, 0.5) is 11.5 Å². The van der Waals surface area contributed by atoms with E-state index in [0.717, 1.165) is 49.3 Å². The third-order valence-corrected chi connectivity index (χ3v) is 9.48. The van der Waals surface area contributed by atoms with Crippen molar-refractivity contribution < 1.29 is 14.3 Å². The van der Waals surface area contributed by atoms with Crippen molar-refractivity contribution in [3.8, 4) is 6.01 Å². The maximum atomic E-state index is 12.7. The van der Waals surface area contributed by atoms with Gasteiger partial charge < -0.3 is 29.2 Å². The van der Waals surface area contributed by atoms with Gasteiger partial charge in [-0.2, -0.15) is 9.97 Å². The molecule has 3 aromatic rings. The van der Waals surface area contributed by atoms with E-state index in [9.17, 15) is 9.59 Å². The fraction of sp³-hybridized carbons (Fsp3) is 0.457. The molecule has 1 aromatic heterocycles. The number of likely N-dealkylation sites (N-methyl/N-ethyl adjacent to an activating group) is 1. The second kappa shape index (κ2) is 13.1. The molecule has 234 valence electrons. The number of anilines is 2. The second-order valence-corrected chi connectivity index (χ2v) is 12.3. The molecule has 45 heavy (non-hydrogen) atoms. The van der Waals surface area contributed by atoms with Crippen LogP contribution in [0, 0.1) is 19.4 Å². The molecule has 1 saturated carbocycles. The van der Waals surface area contributed by atoms with Crippen LogP contribution in [0.1, 0.15) is 36.1 Å². The van der Waals surface area contributed by atoms with Gasteiger partial charge in [0.2, 0.25) is 18.4 Å². The number of aromatic nitrogens is 2. The van der Waals surface area contributed by atoms with E-state index in [4.69, 9.17) is 21.3 Å². The Morgan fingerprint density at radius 1 is 1.13 bits per heavy atom. The van der Waals surface area contributed by atoms with Crippen LogP contribution in [0.25, 0.3) is 15.6 Å². The second-order valence-electron chi connectivity index (χ2n) is 12.3. The molecule has 1 aliphatic carbocycles. The lowest BCUT2D eigenvalue weighted by atomic mass is 9.84. The smallest absolute Gasteiger partial charge is 0.318 e. The first-order chi connectivity index (χ1) is 21.9. The molecule has 3 heterocycles. The van der Waals surface area contributed by atoms with Crippen LogP contribution in [-0.2, 0) is 22.6 Å². The number of amides is 2. The summed E-state index contributed by atoms with van der Waals surface area (Å²) in [5.74, 6) is 0.970. The Morgan fingerprint density at radius 2 is 1.93 bits per heavy atom. The normalized spacial score (nSPS) is 18.2. The summed E-state index contributed by atoms with van der Waals surface area (Å²) in [7, 11) is 1.83. The van der Waals surface area contributed by atoms with Crippen molar-refractivity contribution >= 4 is 34.1 Å². The summed E-state index contributed by atoms with van der Waals surface area (Å²) in [5, 5.41) is 2.46. The molecule has 0 unspecified atom stereocenters. The Morgan fingerprint density at radius 3 is 2.67 bits per heavy atom. The zero-order valence-electron chi connectivity index (χ0n) is 26.2. The topological polar surface area (TPSA) is 86.5 Å². The van der Waals surface area contributed by atoms with Crippen LogP contribution >= 0.6 is 0 Å². The molecule has 6 rings (SSSR count). The fourth-order valence-corrected chi connectivity index (χ4v) is 6.76. The van der Waals surface area contributed by atoms with Crippen molar-refractivity contribution in [1.29, 1.82) is 0 Å². The molecular formula is C35H41N7O3. The van der Waals surface area contributed by atoms with Gasteiger partial charge in [0.05, 0.1) is 18.8 Å². The molecule has 1 saturated heterocycles. The molecule has 2 aliphatic heterocycles. The molecule has 0 radical (unpaired) electrons. The molecule has 10 nitrogen and oxygen atoms in total. The number of hydrogen-bond acceptors (Lipinski definition) is 7. The molecule has 10 heteroatoms. The van der Waals surface area contributed by atoms with E-state index in [1.165, 1.54) is 28.1 Å². The lowest BCUT2D eigenvalue weighted by Gasteiger charge is -2.41. The summed E-state index contributed by atoms with van der Waals surface area (Å²) in [5.41, 5.74) is 4.42. The molecule has 0 bridgehead atoms. The van der Waals surface area contributed by atoms with Gasteiger partial charge in [0.1, 0.15) is 18.5 Å². The molecule has 0 N–H and O–H groups in total. The molecule has 0 spiro atoms. The molecular weight excluding hydrogens is 566 g/mol. The average molecular weight is 608 g/mol. The predicted molar refractivity (Wildman–Crippen MR) is 175 cm³/mol. The highest BCUT2D eigenvalue weighted by atomic mass is 16.5. The van der Waals surface area contributed by atoms with Gasteiger partial charge in [-0.05, 0) is 49.3 Å². The summed E-state index contributed by atoms with van der Waals surface area (Å²) in [4.78, 5) is 46.8. The average Bonchev–Trinajstić information content (AvgIpc) is 3.03. The summed E-state index contributed by atoms with van der Waals surface area (Å²) in [6.45, 7) is 17.3. The van der Waals surface area contributed by atoms with Crippen molar-refractivity contribution in [2.45, 2.75) is 45.2 Å². The van der Waals surface area contributed by atoms with Gasteiger partial charge in [-0.25, -0.2) is 6.57 Å². The summed E-state index contributed by atoms with van der Waals surface area (Å²) in [6.07, 6.45) is 5.13. The first kappa shape index (κ1) is 30.4.